The second kappa shape index (κ2) is 7.39. The number of nitrogens with two attached hydrogens (primary N) is 1. The van der Waals surface area contributed by atoms with Gasteiger partial charge in [0.15, 0.2) is 0 Å². The minimum Gasteiger partial charge on any atom is -0.352 e. The van der Waals surface area contributed by atoms with Gasteiger partial charge in [0.2, 0.25) is 5.91 Å². The van der Waals surface area contributed by atoms with Gasteiger partial charge in [-0.2, -0.15) is 0 Å². The summed E-state index contributed by atoms with van der Waals surface area (Å²) in [6.07, 6.45) is 0.474. The molecule has 1 rings (SSSR count). The fourth-order valence-corrected chi connectivity index (χ4v) is 1.78. The summed E-state index contributed by atoms with van der Waals surface area (Å²) in [5.41, 5.74) is 6.50. The molecular weight excluding hydrogens is 248 g/mol. The highest BCUT2D eigenvalue weighted by molar-refractivity contribution is 5.85. The summed E-state index contributed by atoms with van der Waals surface area (Å²) in [7, 11) is 0. The quantitative estimate of drug-likeness (QED) is 0.862. The van der Waals surface area contributed by atoms with Gasteiger partial charge in [0.25, 0.3) is 0 Å². The van der Waals surface area contributed by atoms with Crippen molar-refractivity contribution in [3.63, 3.8) is 0 Å². The summed E-state index contributed by atoms with van der Waals surface area (Å²) < 4.78 is 0. The van der Waals surface area contributed by atoms with E-state index in [9.17, 15) is 4.79 Å². The molecule has 0 saturated heterocycles. The molecule has 1 aromatic carbocycles. The van der Waals surface area contributed by atoms with Crippen molar-refractivity contribution in [1.29, 1.82) is 0 Å². The van der Waals surface area contributed by atoms with Gasteiger partial charge in [-0.05, 0) is 17.9 Å². The summed E-state index contributed by atoms with van der Waals surface area (Å²) in [6, 6.07) is 10.1. The van der Waals surface area contributed by atoms with E-state index in [0.717, 1.165) is 0 Å². The third-order valence-corrected chi connectivity index (χ3v) is 2.92. The largest absolute Gasteiger partial charge is 0.352 e. The minimum absolute atomic E-state index is 0. The molecule has 0 bridgehead atoms. The minimum atomic E-state index is -0.153. The molecule has 0 aliphatic rings. The molecule has 0 aliphatic carbocycles. The Morgan fingerprint density at radius 1 is 1.33 bits per heavy atom. The number of rotatable bonds is 5. The van der Waals surface area contributed by atoms with E-state index in [2.05, 4.69) is 31.3 Å². The van der Waals surface area contributed by atoms with Crippen LogP contribution in [0.2, 0.25) is 0 Å². The molecule has 0 spiro atoms. The molecule has 3 nitrogen and oxygen atoms in total. The number of nitrogens with one attached hydrogen (secondary N) is 1. The molecule has 0 saturated carbocycles. The molecule has 1 atom stereocenters. The predicted molar refractivity (Wildman–Crippen MR) is 78.0 cm³/mol. The van der Waals surface area contributed by atoms with E-state index in [4.69, 9.17) is 5.73 Å². The summed E-state index contributed by atoms with van der Waals surface area (Å²) >= 11 is 0. The van der Waals surface area contributed by atoms with Crippen LogP contribution in [-0.2, 0) is 10.2 Å². The van der Waals surface area contributed by atoms with Gasteiger partial charge in [-0.3, -0.25) is 4.79 Å². The Balaban J connectivity index is 0.00000289. The first-order valence-electron chi connectivity index (χ1n) is 6.00. The van der Waals surface area contributed by atoms with Crippen LogP contribution in [-0.4, -0.2) is 18.5 Å². The highest BCUT2D eigenvalue weighted by Crippen LogP contribution is 2.26. The van der Waals surface area contributed by atoms with Crippen LogP contribution in [0.1, 0.15) is 32.8 Å². The van der Waals surface area contributed by atoms with E-state index in [1.807, 2.05) is 25.1 Å². The molecular formula is C14H23ClN2O. The summed E-state index contributed by atoms with van der Waals surface area (Å²) in [5.74, 6) is 0.0526. The van der Waals surface area contributed by atoms with Crippen molar-refractivity contribution in [1.82, 2.24) is 5.32 Å². The number of hydrogen-bond acceptors (Lipinski definition) is 2. The highest BCUT2D eigenvalue weighted by atomic mass is 35.5. The van der Waals surface area contributed by atoms with Crippen molar-refractivity contribution < 1.29 is 4.79 Å². The fourth-order valence-electron chi connectivity index (χ4n) is 1.78. The number of hydrogen-bond donors (Lipinski definition) is 2. The second-order valence-electron chi connectivity index (χ2n) is 5.13. The van der Waals surface area contributed by atoms with Gasteiger partial charge in [-0.15, -0.1) is 12.4 Å². The lowest BCUT2D eigenvalue weighted by atomic mass is 9.81. The van der Waals surface area contributed by atoms with Gasteiger partial charge in [0.1, 0.15) is 0 Å². The molecule has 4 heteroatoms. The lowest BCUT2D eigenvalue weighted by Crippen LogP contribution is -2.40. The zero-order valence-electron chi connectivity index (χ0n) is 11.3. The van der Waals surface area contributed by atoms with Gasteiger partial charge in [-0.1, -0.05) is 44.2 Å². The van der Waals surface area contributed by atoms with E-state index in [0.29, 0.717) is 13.0 Å². The van der Waals surface area contributed by atoms with Gasteiger partial charge in [-0.25, -0.2) is 0 Å². The van der Waals surface area contributed by atoms with Gasteiger partial charge in [0, 0.05) is 19.0 Å². The molecule has 0 aromatic heterocycles. The Morgan fingerprint density at radius 2 is 1.89 bits per heavy atom. The summed E-state index contributed by atoms with van der Waals surface area (Å²) in [6.45, 7) is 6.54. The first kappa shape index (κ1) is 16.9. The van der Waals surface area contributed by atoms with Gasteiger partial charge < -0.3 is 11.1 Å². The third-order valence-electron chi connectivity index (χ3n) is 2.92. The first-order valence-corrected chi connectivity index (χ1v) is 6.00. The van der Waals surface area contributed by atoms with Crippen molar-refractivity contribution in [3.05, 3.63) is 35.9 Å². The van der Waals surface area contributed by atoms with Crippen LogP contribution in [0, 0.1) is 0 Å². The molecule has 0 unspecified atom stereocenters. The monoisotopic (exact) mass is 270 g/mol. The smallest absolute Gasteiger partial charge is 0.221 e. The standard InChI is InChI=1S/C14H22N2O.ClH/c1-11(10-15)16-13(17)9-14(2,3)12-7-5-4-6-8-12;/h4-8,11H,9-10,15H2,1-3H3,(H,16,17);1H/t11-;/m0./s1. The molecule has 0 aliphatic heterocycles. The van der Waals surface area contributed by atoms with Crippen LogP contribution >= 0.6 is 12.4 Å². The molecule has 1 amide bonds. The number of halogens is 1. The van der Waals surface area contributed by atoms with Crippen molar-refractivity contribution in [2.75, 3.05) is 6.54 Å². The highest BCUT2D eigenvalue weighted by Gasteiger charge is 2.24. The Hall–Kier alpha value is -1.06. The molecule has 18 heavy (non-hydrogen) atoms. The zero-order chi connectivity index (χ0) is 12.9. The maximum absolute atomic E-state index is 11.8. The predicted octanol–water partition coefficient (Wildman–Crippen LogP) is 2.24. The topological polar surface area (TPSA) is 55.1 Å². The lowest BCUT2D eigenvalue weighted by Gasteiger charge is -2.25. The second-order valence-corrected chi connectivity index (χ2v) is 5.13. The number of carbonyl (C=O) groups excluding carboxylic acids is 1. The average molecular weight is 271 g/mol. The third kappa shape index (κ3) is 5.07. The number of carbonyl (C=O) groups is 1. The van der Waals surface area contributed by atoms with Crippen LogP contribution in [0.5, 0.6) is 0 Å². The molecule has 0 heterocycles. The summed E-state index contributed by atoms with van der Waals surface area (Å²) in [5, 5.41) is 2.89. The number of benzene rings is 1. The van der Waals surface area contributed by atoms with Crippen molar-refractivity contribution >= 4 is 18.3 Å². The molecule has 0 radical (unpaired) electrons. The average Bonchev–Trinajstić information content (AvgIpc) is 2.29. The van der Waals surface area contributed by atoms with Crippen LogP contribution in [0.4, 0.5) is 0 Å². The first-order chi connectivity index (χ1) is 7.95. The van der Waals surface area contributed by atoms with E-state index in [-0.39, 0.29) is 29.8 Å². The van der Waals surface area contributed by atoms with E-state index in [1.54, 1.807) is 0 Å². The van der Waals surface area contributed by atoms with Crippen molar-refractivity contribution in [2.45, 2.75) is 38.6 Å². The maximum Gasteiger partial charge on any atom is 0.221 e. The fraction of sp³-hybridized carbons (Fsp3) is 0.500. The van der Waals surface area contributed by atoms with Gasteiger partial charge in [0.05, 0.1) is 0 Å². The maximum atomic E-state index is 11.8. The Morgan fingerprint density at radius 3 is 2.39 bits per heavy atom. The Kier molecular flexibility index (Phi) is 6.96. The van der Waals surface area contributed by atoms with Crippen molar-refractivity contribution in [2.24, 2.45) is 5.73 Å². The van der Waals surface area contributed by atoms with E-state index < -0.39 is 0 Å². The van der Waals surface area contributed by atoms with E-state index in [1.165, 1.54) is 5.56 Å². The molecule has 102 valence electrons. The lowest BCUT2D eigenvalue weighted by molar-refractivity contribution is -0.122. The Bertz CT molecular complexity index is 365. The van der Waals surface area contributed by atoms with Crippen LogP contribution in [0.15, 0.2) is 30.3 Å². The normalized spacial score (nSPS) is 12.4. The van der Waals surface area contributed by atoms with Crippen LogP contribution in [0.25, 0.3) is 0 Å². The van der Waals surface area contributed by atoms with E-state index >= 15 is 0 Å². The van der Waals surface area contributed by atoms with Crippen LogP contribution in [0.3, 0.4) is 0 Å². The molecule has 3 N–H and O–H groups in total. The number of amides is 1. The SMILES string of the molecule is C[C@@H](CN)NC(=O)CC(C)(C)c1ccccc1.Cl. The molecule has 0 fully saturated rings. The van der Waals surface area contributed by atoms with Crippen molar-refractivity contribution in [3.8, 4) is 0 Å². The van der Waals surface area contributed by atoms with Gasteiger partial charge >= 0.3 is 0 Å². The Labute approximate surface area is 116 Å². The molecule has 1 aromatic rings. The summed E-state index contributed by atoms with van der Waals surface area (Å²) in [4.78, 5) is 11.8. The zero-order valence-corrected chi connectivity index (χ0v) is 12.1. The van der Waals surface area contributed by atoms with Crippen LogP contribution < -0.4 is 11.1 Å².